The van der Waals surface area contributed by atoms with Gasteiger partial charge >= 0.3 is 0 Å². The summed E-state index contributed by atoms with van der Waals surface area (Å²) in [7, 11) is 2.15. The van der Waals surface area contributed by atoms with Crippen molar-refractivity contribution in [3.05, 3.63) is 65.1 Å². The molecule has 2 aliphatic carbocycles. The maximum atomic E-state index is 13.2. The minimum Gasteiger partial charge on any atom is -0.401 e. The van der Waals surface area contributed by atoms with Crippen molar-refractivity contribution in [3.8, 4) is 0 Å². The molecular weight excluding hydrogens is 634 g/mol. The Bertz CT molecular complexity index is 1960. The Morgan fingerprint density at radius 1 is 0.980 bits per heavy atom. The van der Waals surface area contributed by atoms with Crippen molar-refractivity contribution >= 4 is 57.8 Å². The summed E-state index contributed by atoms with van der Waals surface area (Å²) in [5.41, 5.74) is 13.3. The number of hydrogen-bond acceptors (Lipinski definition) is 11. The standard InChI is InChI=1S/C37H41N9O4/c1-44-10-12-45(13-11-44)25-5-7-29-30(17-25)42-31(20-41-29)28(34(38)22-2-3-22)19-40-24-14-21(15-24)18-39-23-4-6-26-27(16-23)37(50)46(36(26)49)32-8-9-33(47)43-35(32)48/h4-7,16-17,19-22,24,32,39H,2-3,8-15,18,38H2,1H3,(H,43,47,48). The van der Waals surface area contributed by atoms with Crippen molar-refractivity contribution in [2.75, 3.05) is 50.0 Å². The molecule has 4 heterocycles. The number of nitrogens with one attached hydrogen (secondary N) is 2. The van der Waals surface area contributed by atoms with Gasteiger partial charge in [-0.2, -0.15) is 0 Å². The fourth-order valence-electron chi connectivity index (χ4n) is 7.31. The number of rotatable bonds is 9. The molecule has 1 unspecified atom stereocenters. The second-order valence-electron chi connectivity index (χ2n) is 14.2. The number of fused-ring (bicyclic) bond motifs is 2. The summed E-state index contributed by atoms with van der Waals surface area (Å²) in [5.74, 6) is -1.28. The average Bonchev–Trinajstić information content (AvgIpc) is 3.92. The number of carbonyl (C=O) groups is 4. The molecule has 3 aliphatic heterocycles. The first-order valence-electron chi connectivity index (χ1n) is 17.5. The molecule has 5 aliphatic rings. The number of carbonyl (C=O) groups excluding carboxylic acids is 4. The molecule has 2 aromatic carbocycles. The van der Waals surface area contributed by atoms with Gasteiger partial charge in [-0.15, -0.1) is 0 Å². The zero-order valence-corrected chi connectivity index (χ0v) is 28.1. The maximum absolute atomic E-state index is 13.2. The van der Waals surface area contributed by atoms with Crippen LogP contribution in [0.1, 0.15) is 64.9 Å². The lowest BCUT2D eigenvalue weighted by atomic mass is 9.80. The smallest absolute Gasteiger partial charge is 0.262 e. The third kappa shape index (κ3) is 6.21. The fraction of sp³-hybridized carbons (Fsp3) is 0.432. The Morgan fingerprint density at radius 2 is 1.76 bits per heavy atom. The molecule has 4 amide bonds. The van der Waals surface area contributed by atoms with Gasteiger partial charge in [0.25, 0.3) is 11.8 Å². The van der Waals surface area contributed by atoms with E-state index in [0.29, 0.717) is 18.4 Å². The van der Waals surface area contributed by atoms with Crippen LogP contribution in [0.4, 0.5) is 11.4 Å². The summed E-state index contributed by atoms with van der Waals surface area (Å²) in [6.07, 6.45) is 7.89. The molecule has 0 bridgehead atoms. The number of allylic oxidation sites excluding steroid dienone is 2. The van der Waals surface area contributed by atoms with E-state index in [1.54, 1.807) is 24.4 Å². The molecule has 0 spiro atoms. The molecule has 258 valence electrons. The molecule has 1 aromatic heterocycles. The third-order valence-electron chi connectivity index (χ3n) is 10.7. The average molecular weight is 676 g/mol. The van der Waals surface area contributed by atoms with E-state index in [0.717, 1.165) is 96.1 Å². The molecule has 2 saturated heterocycles. The van der Waals surface area contributed by atoms with Gasteiger partial charge < -0.3 is 20.9 Å². The number of likely N-dealkylation sites (N-methyl/N-ethyl adjacent to an activating group) is 1. The van der Waals surface area contributed by atoms with Crippen molar-refractivity contribution in [1.82, 2.24) is 25.1 Å². The Hall–Kier alpha value is -5.17. The van der Waals surface area contributed by atoms with Gasteiger partial charge in [0, 0.05) is 68.0 Å². The molecule has 13 nitrogen and oxygen atoms in total. The number of hydrogen-bond donors (Lipinski definition) is 3. The summed E-state index contributed by atoms with van der Waals surface area (Å²) in [4.78, 5) is 70.5. The van der Waals surface area contributed by atoms with Crippen LogP contribution in [0, 0.1) is 11.8 Å². The van der Waals surface area contributed by atoms with Gasteiger partial charge in [0.05, 0.1) is 40.1 Å². The van der Waals surface area contributed by atoms with E-state index in [9.17, 15) is 19.2 Å². The largest absolute Gasteiger partial charge is 0.401 e. The Kier molecular flexibility index (Phi) is 8.30. The Morgan fingerprint density at radius 3 is 2.52 bits per heavy atom. The number of piperidine rings is 1. The number of benzene rings is 2. The monoisotopic (exact) mass is 675 g/mol. The summed E-state index contributed by atoms with van der Waals surface area (Å²) in [6.45, 7) is 4.74. The van der Waals surface area contributed by atoms with Crippen LogP contribution in [0.15, 0.2) is 53.3 Å². The van der Waals surface area contributed by atoms with Crippen LogP contribution >= 0.6 is 0 Å². The van der Waals surface area contributed by atoms with Crippen molar-refractivity contribution in [3.63, 3.8) is 0 Å². The van der Waals surface area contributed by atoms with E-state index in [1.165, 1.54) is 0 Å². The van der Waals surface area contributed by atoms with E-state index in [1.807, 2.05) is 12.3 Å². The van der Waals surface area contributed by atoms with Crippen LogP contribution < -0.4 is 21.3 Å². The highest BCUT2D eigenvalue weighted by atomic mass is 16.2. The quantitative estimate of drug-likeness (QED) is 0.227. The molecule has 4 N–H and O–H groups in total. The summed E-state index contributed by atoms with van der Waals surface area (Å²) < 4.78 is 0. The second-order valence-corrected chi connectivity index (χ2v) is 14.2. The maximum Gasteiger partial charge on any atom is 0.262 e. The van der Waals surface area contributed by atoms with E-state index in [4.69, 9.17) is 20.7 Å². The van der Waals surface area contributed by atoms with Crippen LogP contribution in [0.5, 0.6) is 0 Å². The zero-order valence-electron chi connectivity index (χ0n) is 28.1. The van der Waals surface area contributed by atoms with Crippen molar-refractivity contribution in [2.24, 2.45) is 22.6 Å². The Balaban J connectivity index is 0.899. The van der Waals surface area contributed by atoms with Gasteiger partial charge in [0.15, 0.2) is 0 Å². The Labute approximate surface area is 290 Å². The minimum atomic E-state index is -0.979. The molecule has 50 heavy (non-hydrogen) atoms. The van der Waals surface area contributed by atoms with Gasteiger partial charge in [-0.25, -0.2) is 4.98 Å². The molecule has 4 fully saturated rings. The molecule has 1 atom stereocenters. The van der Waals surface area contributed by atoms with E-state index < -0.39 is 29.7 Å². The third-order valence-corrected chi connectivity index (χ3v) is 10.7. The molecule has 0 radical (unpaired) electrons. The minimum absolute atomic E-state index is 0.0876. The highest BCUT2D eigenvalue weighted by Gasteiger charge is 2.44. The van der Waals surface area contributed by atoms with Crippen molar-refractivity contribution < 1.29 is 19.2 Å². The van der Waals surface area contributed by atoms with Crippen LogP contribution in [0.25, 0.3) is 16.6 Å². The van der Waals surface area contributed by atoms with Gasteiger partial charge in [0.2, 0.25) is 11.8 Å². The van der Waals surface area contributed by atoms with Crippen LogP contribution in [-0.4, -0.2) is 101 Å². The predicted molar refractivity (Wildman–Crippen MR) is 190 cm³/mol. The van der Waals surface area contributed by atoms with E-state index >= 15 is 0 Å². The lowest BCUT2D eigenvalue weighted by Crippen LogP contribution is -2.54. The summed E-state index contributed by atoms with van der Waals surface area (Å²) in [5, 5.41) is 5.64. The van der Waals surface area contributed by atoms with Crippen LogP contribution in [0.2, 0.25) is 0 Å². The van der Waals surface area contributed by atoms with Crippen LogP contribution in [0.3, 0.4) is 0 Å². The van der Waals surface area contributed by atoms with Gasteiger partial charge in [0.1, 0.15) is 6.04 Å². The molecule has 3 aromatic rings. The first-order chi connectivity index (χ1) is 24.2. The number of anilines is 2. The van der Waals surface area contributed by atoms with E-state index in [2.05, 4.69) is 39.6 Å². The molecule has 8 rings (SSSR count). The van der Waals surface area contributed by atoms with Crippen LogP contribution in [-0.2, 0) is 9.59 Å². The summed E-state index contributed by atoms with van der Waals surface area (Å²) >= 11 is 0. The van der Waals surface area contributed by atoms with Crippen molar-refractivity contribution in [1.29, 1.82) is 0 Å². The normalized spacial score (nSPS) is 24.8. The number of nitrogens with zero attached hydrogens (tertiary/aromatic N) is 6. The predicted octanol–water partition coefficient (Wildman–Crippen LogP) is 2.82. The second kappa shape index (κ2) is 12.9. The van der Waals surface area contributed by atoms with E-state index in [-0.39, 0.29) is 30.0 Å². The van der Waals surface area contributed by atoms with Gasteiger partial charge in [-0.3, -0.25) is 39.4 Å². The topological polar surface area (TPSA) is 166 Å². The first kappa shape index (κ1) is 32.1. The molecule has 2 saturated carbocycles. The fourth-order valence-corrected chi connectivity index (χ4v) is 7.31. The van der Waals surface area contributed by atoms with Gasteiger partial charge in [-0.05, 0) is 87.4 Å². The highest BCUT2D eigenvalue weighted by molar-refractivity contribution is 6.23. The SMILES string of the molecule is CN1CCN(c2ccc3ncc(C(C=NC4CC(CNc5ccc6c(c5)C(=O)N(C5CCC(=O)NC5=O)C6=O)C4)=C(N)C4CC4)nc3c2)CC1. The number of aliphatic imine (C=N–C) groups is 1. The number of piperazine rings is 1. The number of imide groups is 2. The lowest BCUT2D eigenvalue weighted by Gasteiger charge is -2.34. The first-order valence-corrected chi connectivity index (χ1v) is 17.5. The number of nitrogens with two attached hydrogens (primary N) is 1. The number of amides is 4. The number of aromatic nitrogens is 2. The van der Waals surface area contributed by atoms with Gasteiger partial charge in [-0.1, -0.05) is 0 Å². The molecule has 13 heteroatoms. The summed E-state index contributed by atoms with van der Waals surface area (Å²) in [6, 6.07) is 10.6. The highest BCUT2D eigenvalue weighted by Crippen LogP contribution is 2.38. The molecular formula is C37H41N9O4. The van der Waals surface area contributed by atoms with Crippen molar-refractivity contribution in [2.45, 2.75) is 50.6 Å². The lowest BCUT2D eigenvalue weighted by molar-refractivity contribution is -0.136. The zero-order chi connectivity index (χ0) is 34.5.